The minimum atomic E-state index is -0.426. The van der Waals surface area contributed by atoms with E-state index in [0.29, 0.717) is 43.6 Å². The van der Waals surface area contributed by atoms with Gasteiger partial charge < -0.3 is 10.1 Å². The van der Waals surface area contributed by atoms with E-state index in [-0.39, 0.29) is 23.3 Å². The molecule has 1 aliphatic rings. The van der Waals surface area contributed by atoms with Gasteiger partial charge in [0.1, 0.15) is 11.6 Å². The fourth-order valence-electron chi connectivity index (χ4n) is 4.51. The number of fused-ring (bicyclic) bond motifs is 1. The van der Waals surface area contributed by atoms with Crippen molar-refractivity contribution in [3.63, 3.8) is 0 Å². The number of ether oxygens (including phenoxy) is 1. The Bertz CT molecular complexity index is 1500. The van der Waals surface area contributed by atoms with Crippen LogP contribution in [0.25, 0.3) is 16.6 Å². The number of thioether (sulfide) groups is 1. The molecule has 190 valence electrons. The van der Waals surface area contributed by atoms with Crippen molar-refractivity contribution in [2.24, 2.45) is 0 Å². The third-order valence-electron chi connectivity index (χ3n) is 6.53. The first kappa shape index (κ1) is 25.3. The van der Waals surface area contributed by atoms with Crippen molar-refractivity contribution >= 4 is 40.2 Å². The highest BCUT2D eigenvalue weighted by molar-refractivity contribution is 7.98. The summed E-state index contributed by atoms with van der Waals surface area (Å²) in [5.41, 5.74) is 1.47. The fraction of sp³-hybridized carbons (Fsp3) is 0.250. The average Bonchev–Trinajstić information content (AvgIpc) is 3.41. The topological polar surface area (TPSA) is 73.2 Å². The molecule has 9 heteroatoms. The molecule has 1 saturated carbocycles. The minimum Gasteiger partial charge on any atom is -0.497 e. The third kappa shape index (κ3) is 5.36. The Morgan fingerprint density at radius 1 is 1.16 bits per heavy atom. The number of halogens is 2. The second-order valence-corrected chi connectivity index (χ2v) is 10.3. The molecule has 0 aliphatic heterocycles. The summed E-state index contributed by atoms with van der Waals surface area (Å²) in [6.07, 6.45) is 4.18. The van der Waals surface area contributed by atoms with Crippen LogP contribution in [0.2, 0.25) is 5.02 Å². The molecule has 0 spiro atoms. The standard InChI is InChI=1S/C28H25ClFN3O3S/c1-36-20-12-10-19(11-13-20)33-27(35)21-14-9-17(26(34)31-18-5-2-3-6-18)15-25(21)32-28(33)37-16-22-23(29)7-4-8-24(22)30/h4,7-15,18H,2-3,5-6,16H2,1H3,(H,31,34). The Morgan fingerprint density at radius 3 is 2.62 bits per heavy atom. The molecule has 1 heterocycles. The van der Waals surface area contributed by atoms with Crippen molar-refractivity contribution in [2.75, 3.05) is 7.11 Å². The summed E-state index contributed by atoms with van der Waals surface area (Å²) < 4.78 is 21.2. The van der Waals surface area contributed by atoms with Gasteiger partial charge in [0.15, 0.2) is 5.16 Å². The Hall–Kier alpha value is -3.36. The highest BCUT2D eigenvalue weighted by Gasteiger charge is 2.20. The van der Waals surface area contributed by atoms with Crippen LogP contribution < -0.4 is 15.6 Å². The van der Waals surface area contributed by atoms with Gasteiger partial charge in [0.2, 0.25) is 0 Å². The zero-order valence-corrected chi connectivity index (χ0v) is 21.7. The molecule has 0 atom stereocenters. The van der Waals surface area contributed by atoms with Crippen LogP contribution in [0, 0.1) is 5.82 Å². The lowest BCUT2D eigenvalue weighted by molar-refractivity contribution is 0.0938. The number of hydrogen-bond acceptors (Lipinski definition) is 5. The number of carbonyl (C=O) groups is 1. The van der Waals surface area contributed by atoms with Gasteiger partial charge in [0.05, 0.1) is 23.7 Å². The number of benzene rings is 3. The monoisotopic (exact) mass is 537 g/mol. The maximum Gasteiger partial charge on any atom is 0.266 e. The Kier molecular flexibility index (Phi) is 7.48. The van der Waals surface area contributed by atoms with E-state index in [0.717, 1.165) is 25.7 Å². The molecule has 1 N–H and O–H groups in total. The van der Waals surface area contributed by atoms with Gasteiger partial charge in [-0.3, -0.25) is 14.2 Å². The van der Waals surface area contributed by atoms with Crippen LogP contribution in [0.15, 0.2) is 70.6 Å². The summed E-state index contributed by atoms with van der Waals surface area (Å²) >= 11 is 7.44. The van der Waals surface area contributed by atoms with E-state index in [2.05, 4.69) is 5.32 Å². The van der Waals surface area contributed by atoms with E-state index in [4.69, 9.17) is 21.3 Å². The summed E-state index contributed by atoms with van der Waals surface area (Å²) in [4.78, 5) is 31.3. The lowest BCUT2D eigenvalue weighted by atomic mass is 10.1. The summed E-state index contributed by atoms with van der Waals surface area (Å²) in [5.74, 6) is 0.213. The third-order valence-corrected chi connectivity index (χ3v) is 7.85. The van der Waals surface area contributed by atoms with Gasteiger partial charge in [0, 0.05) is 27.9 Å². The van der Waals surface area contributed by atoms with Crippen molar-refractivity contribution < 1.29 is 13.9 Å². The normalized spacial score (nSPS) is 13.7. The largest absolute Gasteiger partial charge is 0.497 e. The molecule has 5 rings (SSSR count). The van der Waals surface area contributed by atoms with Gasteiger partial charge in [-0.05, 0) is 67.4 Å². The van der Waals surface area contributed by atoms with Crippen molar-refractivity contribution in [2.45, 2.75) is 42.6 Å². The van der Waals surface area contributed by atoms with Crippen LogP contribution >= 0.6 is 23.4 Å². The summed E-state index contributed by atoms with van der Waals surface area (Å²) in [5, 5.41) is 4.11. The number of carbonyl (C=O) groups excluding carboxylic acids is 1. The van der Waals surface area contributed by atoms with Crippen LogP contribution in [0.3, 0.4) is 0 Å². The first-order chi connectivity index (χ1) is 17.9. The Labute approximate surface area is 222 Å². The summed E-state index contributed by atoms with van der Waals surface area (Å²) in [6, 6.07) is 16.7. The quantitative estimate of drug-likeness (QED) is 0.226. The van der Waals surface area contributed by atoms with Gasteiger partial charge in [-0.25, -0.2) is 9.37 Å². The molecular weight excluding hydrogens is 513 g/mol. The molecule has 1 aromatic heterocycles. The van der Waals surface area contributed by atoms with Crippen LogP contribution in [-0.2, 0) is 5.75 Å². The molecule has 0 unspecified atom stereocenters. The molecule has 0 saturated heterocycles. The first-order valence-corrected chi connectivity index (χ1v) is 13.4. The van der Waals surface area contributed by atoms with Crippen molar-refractivity contribution in [3.8, 4) is 11.4 Å². The summed E-state index contributed by atoms with van der Waals surface area (Å²) in [7, 11) is 1.57. The molecule has 1 fully saturated rings. The van der Waals surface area contributed by atoms with Gasteiger partial charge in [-0.1, -0.05) is 42.3 Å². The van der Waals surface area contributed by atoms with E-state index < -0.39 is 5.82 Å². The van der Waals surface area contributed by atoms with Crippen LogP contribution in [0.4, 0.5) is 4.39 Å². The van der Waals surface area contributed by atoms with E-state index in [1.165, 1.54) is 22.4 Å². The Morgan fingerprint density at radius 2 is 1.92 bits per heavy atom. The van der Waals surface area contributed by atoms with Crippen molar-refractivity contribution in [3.05, 3.63) is 93.0 Å². The maximum absolute atomic E-state index is 14.5. The van der Waals surface area contributed by atoms with Crippen LogP contribution in [0.5, 0.6) is 5.75 Å². The van der Waals surface area contributed by atoms with Crippen LogP contribution in [-0.4, -0.2) is 28.6 Å². The highest BCUT2D eigenvalue weighted by Crippen LogP contribution is 2.30. The fourth-order valence-corrected chi connectivity index (χ4v) is 5.86. The first-order valence-electron chi connectivity index (χ1n) is 12.0. The molecule has 1 aliphatic carbocycles. The molecule has 3 aromatic carbocycles. The number of nitrogens with one attached hydrogen (secondary N) is 1. The zero-order chi connectivity index (χ0) is 25.9. The predicted octanol–water partition coefficient (Wildman–Crippen LogP) is 6.15. The molecular formula is C28H25ClFN3O3S. The van der Waals surface area contributed by atoms with E-state index in [1.54, 1.807) is 61.7 Å². The zero-order valence-electron chi connectivity index (χ0n) is 20.2. The second kappa shape index (κ2) is 10.9. The minimum absolute atomic E-state index is 0.168. The SMILES string of the molecule is COc1ccc(-n2c(SCc3c(F)cccc3Cl)nc3cc(C(=O)NC4CCCC4)ccc3c2=O)cc1. The number of hydrogen-bond donors (Lipinski definition) is 1. The smallest absolute Gasteiger partial charge is 0.266 e. The van der Waals surface area contributed by atoms with Gasteiger partial charge in [-0.15, -0.1) is 0 Å². The van der Waals surface area contributed by atoms with E-state index in [1.807, 2.05) is 0 Å². The molecule has 37 heavy (non-hydrogen) atoms. The molecule has 0 bridgehead atoms. The molecule has 4 aromatic rings. The Balaban J connectivity index is 1.57. The van der Waals surface area contributed by atoms with Gasteiger partial charge >= 0.3 is 0 Å². The van der Waals surface area contributed by atoms with Crippen molar-refractivity contribution in [1.29, 1.82) is 0 Å². The number of aromatic nitrogens is 2. The second-order valence-electron chi connectivity index (χ2n) is 8.91. The number of amides is 1. The molecule has 1 amide bonds. The molecule has 6 nitrogen and oxygen atoms in total. The van der Waals surface area contributed by atoms with E-state index >= 15 is 0 Å². The lowest BCUT2D eigenvalue weighted by Crippen LogP contribution is -2.32. The maximum atomic E-state index is 14.5. The number of rotatable bonds is 7. The van der Waals surface area contributed by atoms with Crippen molar-refractivity contribution in [1.82, 2.24) is 14.9 Å². The number of nitrogens with zero attached hydrogens (tertiary/aromatic N) is 2. The van der Waals surface area contributed by atoms with Gasteiger partial charge in [-0.2, -0.15) is 0 Å². The predicted molar refractivity (Wildman–Crippen MR) is 145 cm³/mol. The van der Waals surface area contributed by atoms with Gasteiger partial charge in [0.25, 0.3) is 11.5 Å². The summed E-state index contributed by atoms with van der Waals surface area (Å²) in [6.45, 7) is 0. The number of methoxy groups -OCH3 is 1. The lowest BCUT2D eigenvalue weighted by Gasteiger charge is -2.15. The molecule has 0 radical (unpaired) electrons. The van der Waals surface area contributed by atoms with E-state index in [9.17, 15) is 14.0 Å². The average molecular weight is 538 g/mol. The highest BCUT2D eigenvalue weighted by atomic mass is 35.5. The van der Waals surface area contributed by atoms with Crippen LogP contribution in [0.1, 0.15) is 41.6 Å².